The van der Waals surface area contributed by atoms with Gasteiger partial charge in [-0.3, -0.25) is 0 Å². The monoisotopic (exact) mass is 405 g/mol. The Morgan fingerprint density at radius 1 is 1.14 bits per heavy atom. The maximum Gasteiger partial charge on any atom is 0.0796 e. The zero-order chi connectivity index (χ0) is 20.0. The summed E-state index contributed by atoms with van der Waals surface area (Å²) in [5.74, 6) is 0. The highest BCUT2D eigenvalue weighted by Gasteiger charge is 2.25. The van der Waals surface area contributed by atoms with Crippen molar-refractivity contribution in [3.8, 4) is 11.1 Å². The Kier molecular flexibility index (Phi) is 4.90. The largest absolute Gasteiger partial charge is 0.388 e. The van der Waals surface area contributed by atoms with Gasteiger partial charge < -0.3 is 14.6 Å². The van der Waals surface area contributed by atoms with Crippen molar-refractivity contribution in [2.45, 2.75) is 39.3 Å². The van der Waals surface area contributed by atoms with Crippen molar-refractivity contribution in [2.24, 2.45) is 0 Å². The van der Waals surface area contributed by atoms with E-state index in [2.05, 4.69) is 63.4 Å². The number of aliphatic hydroxyl groups is 1. The van der Waals surface area contributed by atoms with Gasteiger partial charge in [-0.05, 0) is 72.4 Å². The first-order valence-electron chi connectivity index (χ1n) is 10.6. The van der Waals surface area contributed by atoms with E-state index in [1.165, 1.54) is 50.0 Å². The predicted molar refractivity (Wildman–Crippen MR) is 122 cm³/mol. The molecule has 0 fully saturated rings. The van der Waals surface area contributed by atoms with E-state index in [4.69, 9.17) is 0 Å². The lowest BCUT2D eigenvalue weighted by Crippen LogP contribution is -2.26. The average Bonchev–Trinajstić information content (AvgIpc) is 3.47. The van der Waals surface area contributed by atoms with Crippen molar-refractivity contribution in [3.05, 3.63) is 53.0 Å². The summed E-state index contributed by atoms with van der Waals surface area (Å²) in [5, 5.41) is 15.2. The highest BCUT2D eigenvalue weighted by Crippen LogP contribution is 2.41. The molecule has 0 saturated carbocycles. The molecule has 1 aliphatic rings. The molecular weight excluding hydrogens is 378 g/mol. The summed E-state index contributed by atoms with van der Waals surface area (Å²) in [6.45, 7) is 8.62. The smallest absolute Gasteiger partial charge is 0.0796 e. The second kappa shape index (κ2) is 7.56. The van der Waals surface area contributed by atoms with E-state index < -0.39 is 0 Å². The van der Waals surface area contributed by atoms with E-state index in [1.807, 2.05) is 6.20 Å². The molecule has 150 valence electrons. The number of rotatable bonds is 6. The first-order chi connectivity index (χ1) is 14.2. The van der Waals surface area contributed by atoms with Crippen LogP contribution in [0.5, 0.6) is 0 Å². The van der Waals surface area contributed by atoms with Gasteiger partial charge in [0.05, 0.1) is 6.10 Å². The molecule has 0 amide bonds. The first-order valence-corrected chi connectivity index (χ1v) is 11.4. The zero-order valence-electron chi connectivity index (χ0n) is 17.1. The molecule has 29 heavy (non-hydrogen) atoms. The summed E-state index contributed by atoms with van der Waals surface area (Å²) < 4.78 is 6.76. The number of benzene rings is 2. The van der Waals surface area contributed by atoms with Gasteiger partial charge in [0.25, 0.3) is 0 Å². The van der Waals surface area contributed by atoms with Crippen LogP contribution in [0.15, 0.2) is 41.9 Å². The lowest BCUT2D eigenvalue weighted by molar-refractivity contribution is 0.180. The molecule has 0 aliphatic heterocycles. The molecule has 4 aromatic rings. The van der Waals surface area contributed by atoms with Crippen molar-refractivity contribution in [1.29, 1.82) is 0 Å². The number of aryl methyl sites for hydroxylation is 1. The number of aromatic nitrogens is 2. The lowest BCUT2D eigenvalue weighted by Gasteiger charge is -2.19. The van der Waals surface area contributed by atoms with Crippen molar-refractivity contribution in [3.63, 3.8) is 0 Å². The van der Waals surface area contributed by atoms with E-state index >= 15 is 0 Å². The highest BCUT2D eigenvalue weighted by molar-refractivity contribution is 7.03. The van der Waals surface area contributed by atoms with E-state index in [1.54, 1.807) is 0 Å². The van der Waals surface area contributed by atoms with Gasteiger partial charge in [-0.1, -0.05) is 26.0 Å². The molecule has 5 heteroatoms. The van der Waals surface area contributed by atoms with Gasteiger partial charge in [-0.25, -0.2) is 4.37 Å². The Hall–Kier alpha value is -2.21. The molecule has 0 saturated heterocycles. The van der Waals surface area contributed by atoms with Crippen LogP contribution in [0, 0.1) is 0 Å². The van der Waals surface area contributed by atoms with Gasteiger partial charge in [0.2, 0.25) is 0 Å². The maximum atomic E-state index is 10.4. The van der Waals surface area contributed by atoms with Crippen molar-refractivity contribution >= 4 is 33.3 Å². The number of aliphatic hydroxyl groups excluding tert-OH is 1. The fourth-order valence-electron chi connectivity index (χ4n) is 4.85. The minimum absolute atomic E-state index is 0.326. The second-order valence-electron chi connectivity index (χ2n) is 7.91. The Morgan fingerprint density at radius 2 is 1.97 bits per heavy atom. The summed E-state index contributed by atoms with van der Waals surface area (Å²) >= 11 is 1.49. The molecule has 0 bridgehead atoms. The van der Waals surface area contributed by atoms with Gasteiger partial charge in [-0.15, -0.1) is 0 Å². The summed E-state index contributed by atoms with van der Waals surface area (Å²) in [5.41, 5.74) is 7.42. The Balaban J connectivity index is 1.73. The molecule has 4 nitrogen and oxygen atoms in total. The third-order valence-electron chi connectivity index (χ3n) is 6.50. The van der Waals surface area contributed by atoms with Gasteiger partial charge in [0.15, 0.2) is 0 Å². The van der Waals surface area contributed by atoms with Crippen molar-refractivity contribution in [1.82, 2.24) is 13.8 Å². The molecule has 1 unspecified atom stereocenters. The first kappa shape index (κ1) is 18.8. The number of fused-ring (bicyclic) bond motifs is 5. The lowest BCUT2D eigenvalue weighted by atomic mass is 10.0. The summed E-state index contributed by atoms with van der Waals surface area (Å²) in [4.78, 5) is 2.47. The molecule has 0 spiro atoms. The van der Waals surface area contributed by atoms with E-state index in [-0.39, 0.29) is 6.10 Å². The Bertz CT molecular complexity index is 1160. The highest BCUT2D eigenvalue weighted by atomic mass is 32.1. The van der Waals surface area contributed by atoms with Crippen LogP contribution in [-0.2, 0) is 13.0 Å². The topological polar surface area (TPSA) is 41.3 Å². The van der Waals surface area contributed by atoms with E-state index in [0.29, 0.717) is 0 Å². The molecule has 1 aliphatic carbocycles. The Labute approximate surface area is 175 Å². The standard InChI is InChI=1S/C24H27N3OS/c1-3-26(4-2)11-12-27-21-8-5-16(17-14-25-29-15-17)13-20(21)24-19-7-10-23(28)18(19)6-9-22(24)27/h5-6,8-9,13-15,23,28H,3-4,7,10-12H2,1-2H3. The maximum absolute atomic E-state index is 10.4. The second-order valence-corrected chi connectivity index (χ2v) is 8.56. The normalized spacial score (nSPS) is 16.3. The molecule has 0 radical (unpaired) electrons. The molecule has 2 heterocycles. The minimum atomic E-state index is -0.326. The van der Waals surface area contributed by atoms with Gasteiger partial charge in [-0.2, -0.15) is 0 Å². The Morgan fingerprint density at radius 3 is 2.72 bits per heavy atom. The molecule has 1 N–H and O–H groups in total. The van der Waals surface area contributed by atoms with Crippen LogP contribution in [0.2, 0.25) is 0 Å². The van der Waals surface area contributed by atoms with Gasteiger partial charge in [0, 0.05) is 52.0 Å². The zero-order valence-corrected chi connectivity index (χ0v) is 17.9. The summed E-state index contributed by atoms with van der Waals surface area (Å²) in [6.07, 6.45) is 3.40. The van der Waals surface area contributed by atoms with E-state index in [0.717, 1.165) is 44.6 Å². The average molecular weight is 406 g/mol. The van der Waals surface area contributed by atoms with Crippen LogP contribution in [0.1, 0.15) is 37.5 Å². The van der Waals surface area contributed by atoms with Crippen molar-refractivity contribution < 1.29 is 5.11 Å². The fourth-order valence-corrected chi connectivity index (χ4v) is 5.39. The number of hydrogen-bond donors (Lipinski definition) is 1. The van der Waals surface area contributed by atoms with Crippen LogP contribution < -0.4 is 0 Å². The molecule has 2 aromatic heterocycles. The van der Waals surface area contributed by atoms with Crippen molar-refractivity contribution in [2.75, 3.05) is 19.6 Å². The summed E-state index contributed by atoms with van der Waals surface area (Å²) in [6, 6.07) is 11.2. The number of nitrogens with zero attached hydrogens (tertiary/aromatic N) is 3. The van der Waals surface area contributed by atoms with E-state index in [9.17, 15) is 5.11 Å². The van der Waals surface area contributed by atoms with Crippen LogP contribution in [-0.4, -0.2) is 38.6 Å². The molecular formula is C24H27N3OS. The fraction of sp³-hybridized carbons (Fsp3) is 0.375. The van der Waals surface area contributed by atoms with Crippen LogP contribution >= 0.6 is 11.5 Å². The third-order valence-corrected chi connectivity index (χ3v) is 7.09. The van der Waals surface area contributed by atoms with Crippen LogP contribution in [0.25, 0.3) is 32.9 Å². The van der Waals surface area contributed by atoms with Gasteiger partial charge >= 0.3 is 0 Å². The number of hydrogen-bond acceptors (Lipinski definition) is 4. The van der Waals surface area contributed by atoms with Crippen LogP contribution in [0.4, 0.5) is 0 Å². The third kappa shape index (κ3) is 3.08. The molecule has 1 atom stereocenters. The molecule has 5 rings (SSSR count). The minimum Gasteiger partial charge on any atom is -0.388 e. The SMILES string of the molecule is CCN(CC)CCn1c2ccc(-c3cnsc3)cc2c2c3c(ccc21)C(O)CC3. The predicted octanol–water partition coefficient (Wildman–Crippen LogP) is 5.24. The summed E-state index contributed by atoms with van der Waals surface area (Å²) in [7, 11) is 0. The molecule has 2 aromatic carbocycles. The quantitative estimate of drug-likeness (QED) is 0.477. The number of likely N-dealkylation sites (N-methyl/N-ethyl adjacent to an activating group) is 1. The van der Waals surface area contributed by atoms with Gasteiger partial charge in [0.1, 0.15) is 0 Å². The van der Waals surface area contributed by atoms with Crippen LogP contribution in [0.3, 0.4) is 0 Å².